The zero-order valence-electron chi connectivity index (χ0n) is 11.0. The highest BCUT2D eigenvalue weighted by atomic mass is 16.3. The molecule has 2 aliphatic carbocycles. The van der Waals surface area contributed by atoms with E-state index in [1.165, 1.54) is 38.5 Å². The van der Waals surface area contributed by atoms with Crippen LogP contribution in [0.2, 0.25) is 0 Å². The lowest BCUT2D eigenvalue weighted by atomic mass is 9.83. The smallest absolute Gasteiger partial charge is 0.0659 e. The topological polar surface area (TPSA) is 66.5 Å². The fourth-order valence-corrected chi connectivity index (χ4v) is 2.81. The van der Waals surface area contributed by atoms with Crippen LogP contribution in [0.3, 0.4) is 0 Å². The van der Waals surface area contributed by atoms with Gasteiger partial charge in [-0.25, -0.2) is 0 Å². The van der Waals surface area contributed by atoms with E-state index in [4.69, 9.17) is 10.8 Å². The number of rotatable bonds is 2. The standard InChI is InChI=1S/C8H17NO.C6H12O/c9-7-6-8(10)4-2-1-3-5-8;7-6-4-2-1-3-5-6/h10H,1-7,9H2;6-7H,1-5H2. The van der Waals surface area contributed by atoms with E-state index < -0.39 is 5.60 Å². The SMILES string of the molecule is NCCC1(O)CCCCC1.OC1CCCCC1. The molecule has 2 aliphatic rings. The molecule has 102 valence electrons. The number of aliphatic hydroxyl groups excluding tert-OH is 1. The van der Waals surface area contributed by atoms with Crippen molar-refractivity contribution in [2.24, 2.45) is 5.73 Å². The zero-order valence-corrected chi connectivity index (χ0v) is 11.0. The van der Waals surface area contributed by atoms with Crippen LogP contribution in [0.1, 0.15) is 70.6 Å². The lowest BCUT2D eigenvalue weighted by molar-refractivity contribution is -0.00142. The molecule has 2 saturated carbocycles. The summed E-state index contributed by atoms with van der Waals surface area (Å²) in [4.78, 5) is 0. The number of nitrogens with two attached hydrogens (primary N) is 1. The minimum absolute atomic E-state index is 0.0359. The van der Waals surface area contributed by atoms with Gasteiger partial charge >= 0.3 is 0 Å². The van der Waals surface area contributed by atoms with Crippen molar-refractivity contribution in [3.05, 3.63) is 0 Å². The molecule has 3 nitrogen and oxygen atoms in total. The van der Waals surface area contributed by atoms with Crippen molar-refractivity contribution in [3.8, 4) is 0 Å². The first-order valence-electron chi connectivity index (χ1n) is 7.27. The van der Waals surface area contributed by atoms with Gasteiger partial charge < -0.3 is 15.9 Å². The van der Waals surface area contributed by atoms with Gasteiger partial charge in [0.05, 0.1) is 11.7 Å². The number of hydrogen-bond donors (Lipinski definition) is 3. The van der Waals surface area contributed by atoms with Gasteiger partial charge in [-0.05, 0) is 38.6 Å². The Labute approximate surface area is 105 Å². The maximum absolute atomic E-state index is 9.79. The Morgan fingerprint density at radius 1 is 0.941 bits per heavy atom. The van der Waals surface area contributed by atoms with Crippen LogP contribution in [-0.2, 0) is 0 Å². The van der Waals surface area contributed by atoms with Gasteiger partial charge in [0.1, 0.15) is 0 Å². The van der Waals surface area contributed by atoms with Crippen LogP contribution in [0, 0.1) is 0 Å². The number of hydrogen-bond acceptors (Lipinski definition) is 3. The van der Waals surface area contributed by atoms with Crippen LogP contribution < -0.4 is 5.73 Å². The Balaban J connectivity index is 0.000000181. The molecule has 0 aliphatic heterocycles. The van der Waals surface area contributed by atoms with E-state index in [0.717, 1.165) is 32.1 Å². The van der Waals surface area contributed by atoms with Gasteiger partial charge in [-0.1, -0.05) is 38.5 Å². The summed E-state index contributed by atoms with van der Waals surface area (Å²) < 4.78 is 0. The predicted octanol–water partition coefficient (Wildman–Crippen LogP) is 2.34. The van der Waals surface area contributed by atoms with Crippen molar-refractivity contribution < 1.29 is 10.2 Å². The summed E-state index contributed by atoms with van der Waals surface area (Å²) in [7, 11) is 0. The molecule has 0 saturated heterocycles. The molecule has 0 atom stereocenters. The highest BCUT2D eigenvalue weighted by Crippen LogP contribution is 2.29. The first kappa shape index (κ1) is 14.9. The highest BCUT2D eigenvalue weighted by Gasteiger charge is 2.27. The monoisotopic (exact) mass is 243 g/mol. The first-order chi connectivity index (χ1) is 8.16. The Kier molecular flexibility index (Phi) is 7.09. The van der Waals surface area contributed by atoms with E-state index in [1.807, 2.05) is 0 Å². The van der Waals surface area contributed by atoms with Gasteiger partial charge in [-0.3, -0.25) is 0 Å². The molecular weight excluding hydrogens is 214 g/mol. The predicted molar refractivity (Wildman–Crippen MR) is 70.8 cm³/mol. The summed E-state index contributed by atoms with van der Waals surface area (Å²) >= 11 is 0. The second kappa shape index (κ2) is 8.06. The minimum Gasteiger partial charge on any atom is -0.393 e. The summed E-state index contributed by atoms with van der Waals surface area (Å²) in [5.74, 6) is 0. The lowest BCUT2D eigenvalue weighted by Gasteiger charge is -2.31. The molecule has 4 N–H and O–H groups in total. The Morgan fingerprint density at radius 3 is 1.88 bits per heavy atom. The molecule has 0 bridgehead atoms. The summed E-state index contributed by atoms with van der Waals surface area (Å²) in [6, 6.07) is 0. The summed E-state index contributed by atoms with van der Waals surface area (Å²) in [5.41, 5.74) is 4.99. The van der Waals surface area contributed by atoms with E-state index in [0.29, 0.717) is 6.54 Å². The van der Waals surface area contributed by atoms with E-state index in [9.17, 15) is 5.11 Å². The van der Waals surface area contributed by atoms with Crippen molar-refractivity contribution in [1.82, 2.24) is 0 Å². The van der Waals surface area contributed by atoms with Gasteiger partial charge in [0, 0.05) is 0 Å². The molecule has 0 radical (unpaired) electrons. The summed E-state index contributed by atoms with van der Waals surface area (Å²) in [6.07, 6.45) is 12.3. The fraction of sp³-hybridized carbons (Fsp3) is 1.00. The largest absolute Gasteiger partial charge is 0.393 e. The van der Waals surface area contributed by atoms with Crippen molar-refractivity contribution in [2.45, 2.75) is 82.3 Å². The maximum atomic E-state index is 9.79. The summed E-state index contributed by atoms with van der Waals surface area (Å²) in [6.45, 7) is 0.622. The normalized spacial score (nSPS) is 24.9. The molecule has 2 rings (SSSR count). The van der Waals surface area contributed by atoms with Gasteiger partial charge in [-0.15, -0.1) is 0 Å². The second-order valence-corrected chi connectivity index (χ2v) is 5.62. The second-order valence-electron chi connectivity index (χ2n) is 5.62. The Hall–Kier alpha value is -0.120. The third-order valence-electron chi connectivity index (χ3n) is 3.97. The average Bonchev–Trinajstić information content (AvgIpc) is 2.31. The van der Waals surface area contributed by atoms with Crippen LogP contribution in [0.25, 0.3) is 0 Å². The molecule has 0 aromatic carbocycles. The molecule has 0 spiro atoms. The fourth-order valence-electron chi connectivity index (χ4n) is 2.81. The highest BCUT2D eigenvalue weighted by molar-refractivity contribution is 4.81. The van der Waals surface area contributed by atoms with Gasteiger partial charge in [0.2, 0.25) is 0 Å². The van der Waals surface area contributed by atoms with E-state index >= 15 is 0 Å². The molecule has 2 fully saturated rings. The Bertz CT molecular complexity index is 179. The molecule has 0 aromatic heterocycles. The van der Waals surface area contributed by atoms with Crippen molar-refractivity contribution in [2.75, 3.05) is 6.54 Å². The third kappa shape index (κ3) is 6.39. The van der Waals surface area contributed by atoms with Crippen LogP contribution in [0.15, 0.2) is 0 Å². The lowest BCUT2D eigenvalue weighted by Crippen LogP contribution is -2.33. The zero-order chi connectivity index (χ0) is 12.6. The maximum Gasteiger partial charge on any atom is 0.0659 e. The molecule has 3 heteroatoms. The van der Waals surface area contributed by atoms with Crippen LogP contribution in [0.5, 0.6) is 0 Å². The van der Waals surface area contributed by atoms with E-state index in [1.54, 1.807) is 0 Å². The quantitative estimate of drug-likeness (QED) is 0.697. The third-order valence-corrected chi connectivity index (χ3v) is 3.97. The van der Waals surface area contributed by atoms with E-state index in [2.05, 4.69) is 0 Å². The molecule has 0 unspecified atom stereocenters. The van der Waals surface area contributed by atoms with Crippen molar-refractivity contribution in [3.63, 3.8) is 0 Å². The average molecular weight is 243 g/mol. The van der Waals surface area contributed by atoms with Crippen LogP contribution in [-0.4, -0.2) is 28.5 Å². The molecule has 0 amide bonds. The van der Waals surface area contributed by atoms with Crippen molar-refractivity contribution >= 4 is 0 Å². The molecular formula is C14H29NO2. The van der Waals surface area contributed by atoms with Crippen molar-refractivity contribution in [1.29, 1.82) is 0 Å². The first-order valence-corrected chi connectivity index (χ1v) is 7.27. The Morgan fingerprint density at radius 2 is 1.47 bits per heavy atom. The van der Waals surface area contributed by atoms with Gasteiger partial charge in [0.25, 0.3) is 0 Å². The van der Waals surface area contributed by atoms with Gasteiger partial charge in [0.15, 0.2) is 0 Å². The van der Waals surface area contributed by atoms with E-state index in [-0.39, 0.29) is 6.10 Å². The summed E-state index contributed by atoms with van der Waals surface area (Å²) in [5, 5.41) is 18.7. The van der Waals surface area contributed by atoms with Crippen LogP contribution in [0.4, 0.5) is 0 Å². The molecule has 17 heavy (non-hydrogen) atoms. The minimum atomic E-state index is -0.396. The van der Waals surface area contributed by atoms with Gasteiger partial charge in [-0.2, -0.15) is 0 Å². The number of aliphatic hydroxyl groups is 2. The molecule has 0 heterocycles. The van der Waals surface area contributed by atoms with Crippen LogP contribution >= 0.6 is 0 Å². The molecule has 0 aromatic rings.